The molecule has 1 unspecified atom stereocenters. The molecule has 0 aromatic carbocycles. The predicted molar refractivity (Wildman–Crippen MR) is 99.1 cm³/mol. The average Bonchev–Trinajstić information content (AvgIpc) is 3.06. The Bertz CT molecular complexity index is 787. The molecule has 1 atom stereocenters. The standard InChI is InChI=1S/C18H26N6O/c1-4-5-15-10-19-13(2)22-18(15)20-9-14-6-7-24(12-14)16-8-17(25)23(3)21-11-16/h8,10-11,14H,4-7,9,12H2,1-3H3,(H,19,20,22). The lowest BCUT2D eigenvalue weighted by atomic mass is 10.1. The van der Waals surface area contributed by atoms with Crippen LogP contribution in [0.15, 0.2) is 23.3 Å². The van der Waals surface area contributed by atoms with Crippen molar-refractivity contribution < 1.29 is 0 Å². The summed E-state index contributed by atoms with van der Waals surface area (Å²) in [5.74, 6) is 2.28. The molecule has 1 aliphatic heterocycles. The van der Waals surface area contributed by atoms with Crippen LogP contribution in [-0.4, -0.2) is 39.4 Å². The van der Waals surface area contributed by atoms with Crippen LogP contribution < -0.4 is 15.8 Å². The van der Waals surface area contributed by atoms with Crippen molar-refractivity contribution in [3.05, 3.63) is 40.2 Å². The third kappa shape index (κ3) is 4.15. The predicted octanol–water partition coefficient (Wildman–Crippen LogP) is 1.77. The number of hydrogen-bond acceptors (Lipinski definition) is 6. The lowest BCUT2D eigenvalue weighted by Gasteiger charge is -2.19. The highest BCUT2D eigenvalue weighted by Gasteiger charge is 2.23. The quantitative estimate of drug-likeness (QED) is 0.862. The molecule has 1 aliphatic rings. The summed E-state index contributed by atoms with van der Waals surface area (Å²) in [6, 6.07) is 1.66. The Hall–Kier alpha value is -2.44. The average molecular weight is 342 g/mol. The second-order valence-corrected chi connectivity index (χ2v) is 6.70. The van der Waals surface area contributed by atoms with Gasteiger partial charge in [0, 0.05) is 44.5 Å². The minimum absolute atomic E-state index is 0.0697. The number of anilines is 2. The van der Waals surface area contributed by atoms with Gasteiger partial charge in [-0.3, -0.25) is 4.79 Å². The Labute approximate surface area is 148 Å². The summed E-state index contributed by atoms with van der Waals surface area (Å²) in [4.78, 5) is 22.9. The van der Waals surface area contributed by atoms with Gasteiger partial charge in [-0.1, -0.05) is 13.3 Å². The number of rotatable bonds is 6. The van der Waals surface area contributed by atoms with Gasteiger partial charge in [-0.15, -0.1) is 0 Å². The minimum atomic E-state index is -0.0697. The number of aryl methyl sites for hydroxylation is 3. The van der Waals surface area contributed by atoms with Gasteiger partial charge < -0.3 is 10.2 Å². The lowest BCUT2D eigenvalue weighted by molar-refractivity contribution is 0.619. The van der Waals surface area contributed by atoms with Crippen molar-refractivity contribution in [1.29, 1.82) is 0 Å². The van der Waals surface area contributed by atoms with E-state index in [0.717, 1.165) is 56.2 Å². The zero-order valence-corrected chi connectivity index (χ0v) is 15.2. The van der Waals surface area contributed by atoms with Gasteiger partial charge in [0.15, 0.2) is 0 Å². The molecule has 0 bridgehead atoms. The molecule has 0 saturated carbocycles. The largest absolute Gasteiger partial charge is 0.370 e. The van der Waals surface area contributed by atoms with E-state index in [-0.39, 0.29) is 5.56 Å². The zero-order chi connectivity index (χ0) is 17.8. The maximum absolute atomic E-state index is 11.8. The summed E-state index contributed by atoms with van der Waals surface area (Å²) in [6.07, 6.45) is 6.85. The Morgan fingerprint density at radius 2 is 2.20 bits per heavy atom. The summed E-state index contributed by atoms with van der Waals surface area (Å²) < 4.78 is 1.35. The van der Waals surface area contributed by atoms with E-state index in [0.29, 0.717) is 5.92 Å². The SMILES string of the molecule is CCCc1cnc(C)nc1NCC1CCN(c2cnn(C)c(=O)c2)C1. The van der Waals surface area contributed by atoms with Crippen LogP contribution in [0.5, 0.6) is 0 Å². The third-order valence-corrected chi connectivity index (χ3v) is 4.67. The smallest absolute Gasteiger partial charge is 0.268 e. The summed E-state index contributed by atoms with van der Waals surface area (Å²) in [5.41, 5.74) is 2.02. The second kappa shape index (κ2) is 7.63. The molecule has 1 saturated heterocycles. The molecule has 0 aliphatic carbocycles. The van der Waals surface area contributed by atoms with Gasteiger partial charge in [0.05, 0.1) is 11.9 Å². The van der Waals surface area contributed by atoms with Crippen LogP contribution in [-0.2, 0) is 13.5 Å². The normalized spacial score (nSPS) is 17.1. The van der Waals surface area contributed by atoms with E-state index in [1.54, 1.807) is 19.3 Å². The van der Waals surface area contributed by atoms with Crippen LogP contribution in [0.1, 0.15) is 31.2 Å². The van der Waals surface area contributed by atoms with Crippen molar-refractivity contribution in [2.24, 2.45) is 13.0 Å². The second-order valence-electron chi connectivity index (χ2n) is 6.70. The van der Waals surface area contributed by atoms with Crippen molar-refractivity contribution in [2.45, 2.75) is 33.1 Å². The molecule has 0 amide bonds. The molecule has 3 heterocycles. The first kappa shape index (κ1) is 17.4. The zero-order valence-electron chi connectivity index (χ0n) is 15.2. The number of hydrogen-bond donors (Lipinski definition) is 1. The highest BCUT2D eigenvalue weighted by atomic mass is 16.1. The minimum Gasteiger partial charge on any atom is -0.370 e. The van der Waals surface area contributed by atoms with E-state index >= 15 is 0 Å². The van der Waals surface area contributed by atoms with Crippen LogP contribution in [0.25, 0.3) is 0 Å². The molecule has 2 aromatic heterocycles. The van der Waals surface area contributed by atoms with Gasteiger partial charge in [-0.05, 0) is 25.7 Å². The van der Waals surface area contributed by atoms with E-state index < -0.39 is 0 Å². The Balaban J connectivity index is 1.61. The van der Waals surface area contributed by atoms with Crippen LogP contribution in [0, 0.1) is 12.8 Å². The summed E-state index contributed by atoms with van der Waals surface area (Å²) in [5, 5.41) is 7.63. The molecular formula is C18H26N6O. The summed E-state index contributed by atoms with van der Waals surface area (Å²) in [7, 11) is 1.67. The fourth-order valence-corrected chi connectivity index (χ4v) is 3.21. The first-order chi connectivity index (χ1) is 12.1. The first-order valence-corrected chi connectivity index (χ1v) is 8.91. The maximum Gasteiger partial charge on any atom is 0.268 e. The highest BCUT2D eigenvalue weighted by Crippen LogP contribution is 2.23. The Morgan fingerprint density at radius 1 is 1.36 bits per heavy atom. The molecule has 0 radical (unpaired) electrons. The lowest BCUT2D eigenvalue weighted by Crippen LogP contribution is -2.26. The van der Waals surface area contributed by atoms with Crippen molar-refractivity contribution >= 4 is 11.5 Å². The summed E-state index contributed by atoms with van der Waals surface area (Å²) >= 11 is 0. The molecular weight excluding hydrogens is 316 g/mol. The van der Waals surface area contributed by atoms with Crippen molar-refractivity contribution in [2.75, 3.05) is 29.9 Å². The van der Waals surface area contributed by atoms with Crippen LogP contribution in [0.3, 0.4) is 0 Å². The molecule has 25 heavy (non-hydrogen) atoms. The van der Waals surface area contributed by atoms with E-state index in [2.05, 4.69) is 32.2 Å². The van der Waals surface area contributed by atoms with Gasteiger partial charge in [-0.2, -0.15) is 5.10 Å². The summed E-state index contributed by atoms with van der Waals surface area (Å²) in [6.45, 7) is 6.83. The molecule has 2 aromatic rings. The van der Waals surface area contributed by atoms with Crippen molar-refractivity contribution in [3.8, 4) is 0 Å². The first-order valence-electron chi connectivity index (χ1n) is 8.91. The van der Waals surface area contributed by atoms with Crippen LogP contribution in [0.2, 0.25) is 0 Å². The van der Waals surface area contributed by atoms with Crippen LogP contribution >= 0.6 is 0 Å². The molecule has 1 N–H and O–H groups in total. The molecule has 0 spiro atoms. The Morgan fingerprint density at radius 3 is 2.96 bits per heavy atom. The van der Waals surface area contributed by atoms with Crippen molar-refractivity contribution in [1.82, 2.24) is 19.7 Å². The fraction of sp³-hybridized carbons (Fsp3) is 0.556. The molecule has 7 heteroatoms. The van der Waals surface area contributed by atoms with Crippen LogP contribution in [0.4, 0.5) is 11.5 Å². The van der Waals surface area contributed by atoms with Crippen molar-refractivity contribution in [3.63, 3.8) is 0 Å². The molecule has 3 rings (SSSR count). The maximum atomic E-state index is 11.8. The number of aromatic nitrogens is 4. The van der Waals surface area contributed by atoms with Gasteiger partial charge in [0.2, 0.25) is 0 Å². The van der Waals surface area contributed by atoms with Gasteiger partial charge >= 0.3 is 0 Å². The number of nitrogens with zero attached hydrogens (tertiary/aromatic N) is 5. The Kier molecular flexibility index (Phi) is 5.31. The van der Waals surface area contributed by atoms with Gasteiger partial charge in [0.1, 0.15) is 11.6 Å². The highest BCUT2D eigenvalue weighted by molar-refractivity contribution is 5.45. The topological polar surface area (TPSA) is 75.9 Å². The fourth-order valence-electron chi connectivity index (χ4n) is 3.21. The van der Waals surface area contributed by atoms with Gasteiger partial charge in [0.25, 0.3) is 5.56 Å². The monoisotopic (exact) mass is 342 g/mol. The molecule has 7 nitrogen and oxygen atoms in total. The van der Waals surface area contributed by atoms with E-state index in [9.17, 15) is 4.79 Å². The van der Waals surface area contributed by atoms with E-state index in [4.69, 9.17) is 0 Å². The van der Waals surface area contributed by atoms with Gasteiger partial charge in [-0.25, -0.2) is 14.6 Å². The van der Waals surface area contributed by atoms with E-state index in [1.807, 2.05) is 13.1 Å². The molecule has 134 valence electrons. The molecule has 1 fully saturated rings. The number of nitrogens with one attached hydrogen (secondary N) is 1. The van der Waals surface area contributed by atoms with E-state index in [1.165, 1.54) is 10.2 Å². The third-order valence-electron chi connectivity index (χ3n) is 4.67.